The van der Waals surface area contributed by atoms with Gasteiger partial charge in [-0.05, 0) is 38.0 Å². The maximum atomic E-state index is 13.0. The van der Waals surface area contributed by atoms with Gasteiger partial charge in [-0.1, -0.05) is 6.07 Å². The van der Waals surface area contributed by atoms with Crippen LogP contribution in [0.2, 0.25) is 0 Å². The molecule has 2 saturated heterocycles. The van der Waals surface area contributed by atoms with E-state index < -0.39 is 22.6 Å². The zero-order valence-corrected chi connectivity index (χ0v) is 18.4. The van der Waals surface area contributed by atoms with E-state index in [0.29, 0.717) is 75.8 Å². The van der Waals surface area contributed by atoms with E-state index in [2.05, 4.69) is 0 Å². The molecule has 10 heteroatoms. The van der Waals surface area contributed by atoms with Crippen molar-refractivity contribution in [1.82, 2.24) is 0 Å². The Kier molecular flexibility index (Phi) is 6.36. The molecule has 2 aromatic carbocycles. The SMILES string of the molecule is CCOC(=O)C1CCN(c2c(N3CCN(c4cccc(C(F)(F)F)c4)CC3)c(=O)c2=O)CC1. The van der Waals surface area contributed by atoms with Gasteiger partial charge in [-0.3, -0.25) is 14.4 Å². The Morgan fingerprint density at radius 3 is 2.03 bits per heavy atom. The fourth-order valence-electron chi connectivity index (χ4n) is 4.62. The number of ether oxygens (including phenoxy) is 1. The molecule has 33 heavy (non-hydrogen) atoms. The van der Waals surface area contributed by atoms with Gasteiger partial charge in [0.05, 0.1) is 18.1 Å². The van der Waals surface area contributed by atoms with E-state index >= 15 is 0 Å². The zero-order valence-electron chi connectivity index (χ0n) is 18.4. The van der Waals surface area contributed by atoms with E-state index in [9.17, 15) is 27.6 Å². The summed E-state index contributed by atoms with van der Waals surface area (Å²) in [6.45, 7) is 4.79. The minimum absolute atomic E-state index is 0.202. The lowest BCUT2D eigenvalue weighted by Crippen LogP contribution is -2.53. The average Bonchev–Trinajstić information content (AvgIpc) is 2.82. The second-order valence-electron chi connectivity index (χ2n) is 8.39. The van der Waals surface area contributed by atoms with Gasteiger partial charge in [0.1, 0.15) is 11.4 Å². The number of esters is 1. The highest BCUT2D eigenvalue weighted by atomic mass is 19.4. The van der Waals surface area contributed by atoms with Crippen LogP contribution in [0.3, 0.4) is 0 Å². The Morgan fingerprint density at radius 2 is 1.48 bits per heavy atom. The van der Waals surface area contributed by atoms with Crippen molar-refractivity contribution in [3.05, 3.63) is 50.3 Å². The molecule has 0 bridgehead atoms. The predicted octanol–water partition coefficient (Wildman–Crippen LogP) is 2.41. The number of halogens is 3. The van der Waals surface area contributed by atoms with E-state index in [1.54, 1.807) is 13.0 Å². The molecule has 0 aliphatic carbocycles. The molecule has 2 aromatic rings. The molecule has 0 aromatic heterocycles. The van der Waals surface area contributed by atoms with Crippen LogP contribution in [0.1, 0.15) is 25.3 Å². The summed E-state index contributed by atoms with van der Waals surface area (Å²) in [6.07, 6.45) is -3.29. The molecular weight excluding hydrogens is 439 g/mol. The van der Waals surface area contributed by atoms with Crippen LogP contribution in [0.5, 0.6) is 0 Å². The van der Waals surface area contributed by atoms with Gasteiger partial charge in [-0.15, -0.1) is 0 Å². The molecule has 0 spiro atoms. The molecule has 2 fully saturated rings. The number of piperidine rings is 1. The third-order valence-corrected chi connectivity index (χ3v) is 6.43. The summed E-state index contributed by atoms with van der Waals surface area (Å²) in [4.78, 5) is 42.3. The molecule has 0 radical (unpaired) electrons. The van der Waals surface area contributed by atoms with Crippen molar-refractivity contribution in [2.75, 3.05) is 60.6 Å². The monoisotopic (exact) mass is 465 g/mol. The molecule has 0 unspecified atom stereocenters. The lowest BCUT2D eigenvalue weighted by molar-refractivity contribution is -0.148. The van der Waals surface area contributed by atoms with Gasteiger partial charge >= 0.3 is 12.1 Å². The Bertz CT molecular complexity index is 1080. The number of benzene rings is 1. The third-order valence-electron chi connectivity index (χ3n) is 6.43. The topological polar surface area (TPSA) is 70.2 Å². The van der Waals surface area contributed by atoms with Crippen LogP contribution in [0.15, 0.2) is 33.9 Å². The van der Waals surface area contributed by atoms with Gasteiger partial charge in [0.2, 0.25) is 0 Å². The molecule has 2 aliphatic heterocycles. The van der Waals surface area contributed by atoms with E-state index in [0.717, 1.165) is 12.1 Å². The van der Waals surface area contributed by atoms with Crippen LogP contribution in [0.4, 0.5) is 30.2 Å². The molecule has 0 atom stereocenters. The van der Waals surface area contributed by atoms with E-state index in [-0.39, 0.29) is 11.9 Å². The van der Waals surface area contributed by atoms with Crippen molar-refractivity contribution in [2.45, 2.75) is 25.9 Å². The van der Waals surface area contributed by atoms with Crippen molar-refractivity contribution >= 4 is 23.0 Å². The normalized spacial score (nSPS) is 18.1. The molecule has 0 N–H and O–H groups in total. The quantitative estimate of drug-likeness (QED) is 0.496. The first kappa shape index (κ1) is 23.1. The van der Waals surface area contributed by atoms with Crippen LogP contribution < -0.4 is 25.6 Å². The van der Waals surface area contributed by atoms with Crippen LogP contribution in [0, 0.1) is 5.92 Å². The number of nitrogens with zero attached hydrogens (tertiary/aromatic N) is 3. The summed E-state index contributed by atoms with van der Waals surface area (Å²) in [5.74, 6) is -0.430. The van der Waals surface area contributed by atoms with Gasteiger partial charge in [-0.2, -0.15) is 13.2 Å². The first-order chi connectivity index (χ1) is 15.7. The van der Waals surface area contributed by atoms with Crippen molar-refractivity contribution in [3.8, 4) is 0 Å². The first-order valence-corrected chi connectivity index (χ1v) is 11.1. The predicted molar refractivity (Wildman–Crippen MR) is 119 cm³/mol. The van der Waals surface area contributed by atoms with Gasteiger partial charge < -0.3 is 19.4 Å². The number of hydrogen-bond donors (Lipinski definition) is 0. The highest BCUT2D eigenvalue weighted by Crippen LogP contribution is 2.33. The lowest BCUT2D eigenvalue weighted by Gasteiger charge is -2.40. The number of piperazine rings is 1. The van der Waals surface area contributed by atoms with Gasteiger partial charge in [0.25, 0.3) is 10.9 Å². The average molecular weight is 465 g/mol. The Hall–Kier alpha value is -3.04. The van der Waals surface area contributed by atoms with Crippen molar-refractivity contribution in [1.29, 1.82) is 0 Å². The van der Waals surface area contributed by atoms with Crippen LogP contribution in [-0.4, -0.2) is 51.8 Å². The fraction of sp³-hybridized carbons (Fsp3) is 0.522. The minimum atomic E-state index is -4.41. The minimum Gasteiger partial charge on any atom is -0.466 e. The first-order valence-electron chi connectivity index (χ1n) is 11.1. The van der Waals surface area contributed by atoms with E-state index in [1.165, 1.54) is 6.07 Å². The maximum absolute atomic E-state index is 13.0. The number of hydrogen-bond acceptors (Lipinski definition) is 7. The van der Waals surface area contributed by atoms with E-state index in [1.807, 2.05) is 14.7 Å². The number of carbonyl (C=O) groups is 1. The summed E-state index contributed by atoms with van der Waals surface area (Å²) in [5.41, 5.74) is -0.466. The largest absolute Gasteiger partial charge is 0.466 e. The Labute approximate surface area is 189 Å². The molecule has 2 heterocycles. The molecule has 4 rings (SSSR count). The van der Waals surface area contributed by atoms with Gasteiger partial charge in [0.15, 0.2) is 0 Å². The van der Waals surface area contributed by atoms with E-state index in [4.69, 9.17) is 4.74 Å². The standard InChI is InChI=1S/C23H26F3N3O4/c1-2-33-22(32)15-6-8-28(9-7-15)18-19(21(31)20(18)30)29-12-10-27(11-13-29)17-5-3-4-16(14-17)23(24,25)26/h3-5,14-15H,2,6-13H2,1H3. The summed E-state index contributed by atoms with van der Waals surface area (Å²) in [6, 6.07) is 5.20. The second kappa shape index (κ2) is 9.07. The molecular formula is C23H26F3N3O4. The fourth-order valence-corrected chi connectivity index (χ4v) is 4.62. The number of alkyl halides is 3. The molecule has 2 aliphatic rings. The van der Waals surface area contributed by atoms with Crippen LogP contribution >= 0.6 is 0 Å². The van der Waals surface area contributed by atoms with Crippen molar-refractivity contribution in [3.63, 3.8) is 0 Å². The number of rotatable bonds is 5. The molecule has 178 valence electrons. The van der Waals surface area contributed by atoms with Crippen molar-refractivity contribution < 1.29 is 22.7 Å². The smallest absolute Gasteiger partial charge is 0.416 e. The second-order valence-corrected chi connectivity index (χ2v) is 8.39. The summed E-state index contributed by atoms with van der Waals surface area (Å²) in [5, 5.41) is 0. The highest BCUT2D eigenvalue weighted by Gasteiger charge is 2.35. The molecule has 0 amide bonds. The Morgan fingerprint density at radius 1 is 0.939 bits per heavy atom. The summed E-state index contributed by atoms with van der Waals surface area (Å²) >= 11 is 0. The number of anilines is 3. The van der Waals surface area contributed by atoms with Gasteiger partial charge in [-0.25, -0.2) is 0 Å². The van der Waals surface area contributed by atoms with Crippen molar-refractivity contribution in [2.24, 2.45) is 5.92 Å². The van der Waals surface area contributed by atoms with Crippen LogP contribution in [0.25, 0.3) is 0 Å². The van der Waals surface area contributed by atoms with Gasteiger partial charge in [0, 0.05) is 45.0 Å². The van der Waals surface area contributed by atoms with Crippen LogP contribution in [-0.2, 0) is 15.7 Å². The summed E-state index contributed by atoms with van der Waals surface area (Å²) < 4.78 is 44.2. The third kappa shape index (κ3) is 4.56. The number of carbonyl (C=O) groups excluding carboxylic acids is 1. The Balaban J connectivity index is 1.41. The zero-order chi connectivity index (χ0) is 23.8. The molecule has 0 saturated carbocycles. The lowest BCUT2D eigenvalue weighted by atomic mass is 9.95. The summed E-state index contributed by atoms with van der Waals surface area (Å²) in [7, 11) is 0. The maximum Gasteiger partial charge on any atom is 0.416 e. The highest BCUT2D eigenvalue weighted by molar-refractivity contribution is 5.78. The molecule has 7 nitrogen and oxygen atoms in total.